The topological polar surface area (TPSA) is 299 Å². The van der Waals surface area contributed by atoms with Crippen LogP contribution in [0.25, 0.3) is 10.8 Å². The molecular weight excluding hydrogens is 864 g/mol. The van der Waals surface area contributed by atoms with Gasteiger partial charge in [-0.3, -0.25) is 38.1 Å². The molecule has 352 valence electrons. The van der Waals surface area contributed by atoms with Crippen LogP contribution in [-0.4, -0.2) is 135 Å². The Bertz CT molecular complexity index is 2260. The monoisotopic (exact) mass is 922 g/mol. The fourth-order valence-corrected chi connectivity index (χ4v) is 8.54. The molecule has 0 bridgehead atoms. The van der Waals surface area contributed by atoms with Crippen LogP contribution in [0.3, 0.4) is 0 Å². The summed E-state index contributed by atoms with van der Waals surface area (Å²) in [5.74, 6) is -5.68. The van der Waals surface area contributed by atoms with Gasteiger partial charge < -0.3 is 57.0 Å². The van der Waals surface area contributed by atoms with E-state index in [9.17, 15) is 53.0 Å². The minimum absolute atomic E-state index is 0.00954. The smallest absolute Gasteiger partial charge is 0.469 e. The zero-order valence-corrected chi connectivity index (χ0v) is 37.5. The summed E-state index contributed by atoms with van der Waals surface area (Å²) in [5.41, 5.74) is 6.90. The van der Waals surface area contributed by atoms with E-state index < -0.39 is 98.1 Å². The van der Waals surface area contributed by atoms with Crippen molar-refractivity contribution in [1.82, 2.24) is 36.4 Å². The normalized spacial score (nSPS) is 24.2. The lowest BCUT2D eigenvalue weighted by molar-refractivity contribution is -0.148. The van der Waals surface area contributed by atoms with E-state index in [1.165, 1.54) is 26.1 Å². The van der Waals surface area contributed by atoms with Crippen molar-refractivity contribution < 1.29 is 57.5 Å². The van der Waals surface area contributed by atoms with Gasteiger partial charge in [0.1, 0.15) is 42.0 Å². The first-order chi connectivity index (χ1) is 30.8. The summed E-state index contributed by atoms with van der Waals surface area (Å²) < 4.78 is 16.8. The van der Waals surface area contributed by atoms with Crippen molar-refractivity contribution >= 4 is 59.9 Å². The van der Waals surface area contributed by atoms with Crippen molar-refractivity contribution in [3.05, 3.63) is 77.9 Å². The highest BCUT2D eigenvalue weighted by atomic mass is 31.2. The van der Waals surface area contributed by atoms with Gasteiger partial charge in [0.2, 0.25) is 41.4 Å². The van der Waals surface area contributed by atoms with Crippen molar-refractivity contribution in [3.8, 4) is 5.75 Å². The lowest BCUT2D eigenvalue weighted by Gasteiger charge is -2.38. The van der Waals surface area contributed by atoms with Crippen LogP contribution in [0.1, 0.15) is 63.5 Å². The Labute approximate surface area is 376 Å². The molecule has 10 N–H and O–H groups in total. The summed E-state index contributed by atoms with van der Waals surface area (Å²) in [7, 11) is -3.97. The summed E-state index contributed by atoms with van der Waals surface area (Å²) in [5, 5.41) is 25.1. The lowest BCUT2D eigenvalue weighted by Crippen LogP contribution is -2.62. The van der Waals surface area contributed by atoms with Crippen LogP contribution in [0.5, 0.6) is 5.75 Å². The summed E-state index contributed by atoms with van der Waals surface area (Å²) in [4.78, 5) is 120. The number of phosphoric ester groups is 1. The lowest BCUT2D eigenvalue weighted by atomic mass is 9.97. The maximum absolute atomic E-state index is 14.6. The van der Waals surface area contributed by atoms with Gasteiger partial charge >= 0.3 is 7.82 Å². The molecule has 2 heterocycles. The highest BCUT2D eigenvalue weighted by molar-refractivity contribution is 7.46. The number of rotatable bonds is 11. The number of phosphoric acid groups is 1. The molecule has 0 aromatic heterocycles. The molecule has 0 radical (unpaired) electrons. The van der Waals surface area contributed by atoms with Crippen molar-refractivity contribution in [1.29, 1.82) is 0 Å². The standard InChI is InChI=1S/C44H59N8O12P/c1-26-43(59)51(3)25-37(54)50-38(27(2)64-65(61,62)63)44(60)52-21-9-7-13-36(52)42(58)49-35(24-29-14-17-30-10-4-5-11-31(30)22-29)41(57)48-34(23-28-15-18-32(53)19-16-28)40(56)47-33(39(55)46-26)12-6-8-20-45/h4-5,10-11,14-19,22,26-27,33-36,38,53H,6-9,12-13,20-21,23-25,45H2,1-3H3,(H,46,55)(H,47,56)(H,48,57)(H,49,58)(H,50,54)(H2,61,62,63)/t26-,27+,33+,34+,35+,36-,38-/m1/s1. The van der Waals surface area contributed by atoms with E-state index in [1.54, 1.807) is 18.2 Å². The fraction of sp³-hybridized carbons (Fsp3) is 0.477. The maximum Gasteiger partial charge on any atom is 0.469 e. The molecule has 0 saturated carbocycles. The molecule has 2 saturated heterocycles. The molecule has 0 spiro atoms. The predicted molar refractivity (Wildman–Crippen MR) is 237 cm³/mol. The molecular formula is C44H59N8O12P. The van der Waals surface area contributed by atoms with E-state index in [4.69, 9.17) is 10.3 Å². The molecule has 7 amide bonds. The molecule has 65 heavy (non-hydrogen) atoms. The highest BCUT2D eigenvalue weighted by Gasteiger charge is 2.42. The van der Waals surface area contributed by atoms with Crippen molar-refractivity contribution in [3.63, 3.8) is 0 Å². The Morgan fingerprint density at radius 3 is 2.02 bits per heavy atom. The Hall–Kier alpha value is -5.92. The number of benzene rings is 3. The number of fused-ring (bicyclic) bond motifs is 2. The number of phenolic OH excluding ortho intramolecular Hbond substituents is 1. The first-order valence-corrected chi connectivity index (χ1v) is 23.1. The number of carbonyl (C=O) groups is 7. The van der Waals surface area contributed by atoms with Crippen LogP contribution in [-0.2, 0) is 55.5 Å². The zero-order valence-electron chi connectivity index (χ0n) is 36.6. The van der Waals surface area contributed by atoms with E-state index in [0.29, 0.717) is 43.4 Å². The van der Waals surface area contributed by atoms with E-state index in [-0.39, 0.29) is 38.0 Å². The summed E-state index contributed by atoms with van der Waals surface area (Å²) in [6.45, 7) is 2.14. The molecule has 5 rings (SSSR count). The third kappa shape index (κ3) is 14.3. The quantitative estimate of drug-likeness (QED) is 0.0923. The van der Waals surface area contributed by atoms with Gasteiger partial charge in [-0.15, -0.1) is 0 Å². The van der Waals surface area contributed by atoms with Gasteiger partial charge in [0.05, 0.1) is 12.6 Å². The molecule has 0 aliphatic carbocycles. The summed E-state index contributed by atoms with van der Waals surface area (Å²) >= 11 is 0. The average molecular weight is 923 g/mol. The summed E-state index contributed by atoms with van der Waals surface area (Å²) in [6.07, 6.45) is 0.169. The van der Waals surface area contributed by atoms with Crippen LogP contribution in [0, 0.1) is 0 Å². The SMILES string of the molecule is C[C@H](OP(=O)(O)O)[C@H]1NC(=O)CN(C)C(=O)[C@@H](C)NC(=O)[C@H](CCCCN)NC(=O)[C@H](Cc2ccc(O)cc2)NC(=O)[C@H](Cc2ccc3ccccc3c2)NC(=O)[C@H]2CCCCN2C1=O. The molecule has 2 aliphatic heterocycles. The minimum Gasteiger partial charge on any atom is -0.508 e. The Morgan fingerprint density at radius 1 is 0.754 bits per heavy atom. The molecule has 3 aromatic carbocycles. The van der Waals surface area contributed by atoms with Crippen LogP contribution in [0.15, 0.2) is 66.7 Å². The second kappa shape index (κ2) is 22.8. The van der Waals surface area contributed by atoms with E-state index in [1.807, 2.05) is 36.4 Å². The Kier molecular flexibility index (Phi) is 17.6. The van der Waals surface area contributed by atoms with Gasteiger partial charge in [-0.05, 0) is 92.9 Å². The van der Waals surface area contributed by atoms with E-state index >= 15 is 0 Å². The van der Waals surface area contributed by atoms with Gasteiger partial charge in [0.15, 0.2) is 0 Å². The van der Waals surface area contributed by atoms with Crippen molar-refractivity contribution in [2.75, 3.05) is 26.7 Å². The van der Waals surface area contributed by atoms with Gasteiger partial charge in [0, 0.05) is 26.4 Å². The Balaban J connectivity index is 1.59. The molecule has 21 heteroatoms. The minimum atomic E-state index is -5.23. The van der Waals surface area contributed by atoms with Crippen molar-refractivity contribution in [2.24, 2.45) is 5.73 Å². The number of phenols is 1. The number of nitrogens with two attached hydrogens (primary N) is 1. The zero-order chi connectivity index (χ0) is 47.4. The largest absolute Gasteiger partial charge is 0.508 e. The third-order valence-electron chi connectivity index (χ3n) is 11.4. The molecule has 7 atom stereocenters. The third-order valence-corrected chi connectivity index (χ3v) is 12.0. The van der Waals surface area contributed by atoms with Gasteiger partial charge in [0.25, 0.3) is 0 Å². The molecule has 2 aliphatic rings. The molecule has 20 nitrogen and oxygen atoms in total. The number of amides is 7. The van der Waals surface area contributed by atoms with E-state index in [2.05, 4.69) is 26.6 Å². The predicted octanol–water partition coefficient (Wildman–Crippen LogP) is 0.254. The number of likely N-dealkylation sites (N-methyl/N-ethyl adjacent to an activating group) is 1. The number of unbranched alkanes of at least 4 members (excludes halogenated alkanes) is 1. The summed E-state index contributed by atoms with van der Waals surface area (Å²) in [6, 6.07) is 10.8. The van der Waals surface area contributed by atoms with E-state index in [0.717, 1.165) is 27.5 Å². The number of hydrogen-bond donors (Lipinski definition) is 9. The van der Waals surface area contributed by atoms with Gasteiger partial charge in [-0.2, -0.15) is 0 Å². The first-order valence-electron chi connectivity index (χ1n) is 21.6. The highest BCUT2D eigenvalue weighted by Crippen LogP contribution is 2.38. The van der Waals surface area contributed by atoms with Crippen LogP contribution in [0.2, 0.25) is 0 Å². The van der Waals surface area contributed by atoms with Crippen molar-refractivity contribution in [2.45, 2.75) is 108 Å². The number of nitrogens with one attached hydrogen (secondary N) is 5. The second-order valence-corrected chi connectivity index (χ2v) is 17.7. The second-order valence-electron chi connectivity index (χ2n) is 16.5. The molecule has 3 aromatic rings. The Morgan fingerprint density at radius 2 is 1.35 bits per heavy atom. The number of carbonyl (C=O) groups excluding carboxylic acids is 7. The molecule has 0 unspecified atom stereocenters. The number of piperidine rings is 1. The average Bonchev–Trinajstić information content (AvgIpc) is 3.26. The maximum atomic E-state index is 14.6. The number of aromatic hydroxyl groups is 1. The number of nitrogens with zero attached hydrogens (tertiary/aromatic N) is 2. The van der Waals surface area contributed by atoms with Crippen LogP contribution in [0.4, 0.5) is 0 Å². The molecule has 2 fully saturated rings. The van der Waals surface area contributed by atoms with Crippen LogP contribution >= 0.6 is 7.82 Å². The van der Waals surface area contributed by atoms with Gasteiger partial charge in [-0.1, -0.05) is 54.6 Å². The number of hydrogen-bond acceptors (Lipinski definition) is 11. The first kappa shape index (κ1) is 50.1. The fourth-order valence-electron chi connectivity index (χ4n) is 7.98. The van der Waals surface area contributed by atoms with Gasteiger partial charge in [-0.25, -0.2) is 4.57 Å². The van der Waals surface area contributed by atoms with Crippen LogP contribution < -0.4 is 32.3 Å².